The lowest BCUT2D eigenvalue weighted by molar-refractivity contribution is -0.240. The molecule has 1 amide bonds. The molecule has 16 heteroatoms. The van der Waals surface area contributed by atoms with Crippen molar-refractivity contribution in [3.05, 3.63) is 93.5 Å². The first-order chi connectivity index (χ1) is 27.9. The van der Waals surface area contributed by atoms with E-state index < -0.39 is 46.6 Å². The van der Waals surface area contributed by atoms with Crippen LogP contribution >= 0.6 is 23.2 Å². The van der Waals surface area contributed by atoms with Crippen molar-refractivity contribution in [2.45, 2.75) is 102 Å². The summed E-state index contributed by atoms with van der Waals surface area (Å²) in [6.07, 6.45) is 0.230. The average molecular weight is 885 g/mol. The van der Waals surface area contributed by atoms with Crippen LogP contribution in [0.4, 0.5) is 42.5 Å². The van der Waals surface area contributed by atoms with Crippen LogP contribution in [0.25, 0.3) is 0 Å². The molecule has 0 aromatic heterocycles. The molecule has 2 aliphatic carbocycles. The first-order valence-corrected chi connectivity index (χ1v) is 19.8. The Morgan fingerprint density at radius 3 is 1.93 bits per heavy atom. The molecule has 60 heavy (non-hydrogen) atoms. The molecular formula is C44H49Cl2F6N3O5. The van der Waals surface area contributed by atoms with Gasteiger partial charge in [-0.25, -0.2) is 4.79 Å². The van der Waals surface area contributed by atoms with Gasteiger partial charge in [-0.2, -0.15) is 26.3 Å². The fourth-order valence-corrected chi connectivity index (χ4v) is 5.82. The number of halogens is 8. The van der Waals surface area contributed by atoms with Crippen molar-refractivity contribution in [1.29, 1.82) is 0 Å². The molecule has 1 saturated heterocycles. The van der Waals surface area contributed by atoms with Crippen LogP contribution in [-0.4, -0.2) is 64.1 Å². The average Bonchev–Trinajstić information content (AvgIpc) is 4.12. The van der Waals surface area contributed by atoms with E-state index in [1.807, 2.05) is 36.3 Å². The number of amides is 1. The number of ether oxygens (including phenoxy) is 1. The van der Waals surface area contributed by atoms with Crippen molar-refractivity contribution in [1.82, 2.24) is 4.90 Å². The number of nitrogens with one attached hydrogen (secondary N) is 1. The van der Waals surface area contributed by atoms with Gasteiger partial charge in [0.1, 0.15) is 5.60 Å². The SMILES string of the molecule is C#CC1CC1.CC(C)(C)OC(=O)Nc1ccc(Cl)cc1C(=O)C(F)(F)F.CC([C@H](O)c1ccccc1)N1CCCC1.Nc1ccc(Cl)cc1[C@@](O)(C#CC1CC1)C(F)(F)F. The highest BCUT2D eigenvalue weighted by atomic mass is 35.5. The highest BCUT2D eigenvalue weighted by Crippen LogP contribution is 2.42. The maximum atomic E-state index is 13.1. The number of likely N-dealkylation sites (tertiary alicyclic amines) is 1. The predicted octanol–water partition coefficient (Wildman–Crippen LogP) is 10.8. The molecule has 3 aromatic carbocycles. The molecule has 1 heterocycles. The lowest BCUT2D eigenvalue weighted by atomic mass is 9.92. The number of hydrogen-bond acceptors (Lipinski definition) is 7. The zero-order valence-electron chi connectivity index (χ0n) is 33.6. The number of rotatable bonds is 6. The van der Waals surface area contributed by atoms with E-state index in [1.54, 1.807) is 20.8 Å². The number of hydrogen-bond donors (Lipinski definition) is 4. The fraction of sp³-hybridized carbons (Fsp3) is 0.455. The van der Waals surface area contributed by atoms with Crippen LogP contribution < -0.4 is 11.1 Å². The largest absolute Gasteiger partial charge is 0.454 e. The quantitative estimate of drug-likeness (QED) is 0.0841. The number of aliphatic hydroxyl groups excluding tert-OH is 1. The second-order valence-corrected chi connectivity index (χ2v) is 16.3. The molecule has 3 aliphatic rings. The number of nitrogens with zero attached hydrogens (tertiary/aromatic N) is 1. The third-order valence-corrected chi connectivity index (χ3v) is 9.57. The number of ketones is 1. The van der Waals surface area contributed by atoms with Gasteiger partial charge < -0.3 is 20.7 Å². The smallest absolute Gasteiger partial charge is 0.444 e. The van der Waals surface area contributed by atoms with E-state index >= 15 is 0 Å². The van der Waals surface area contributed by atoms with Crippen molar-refractivity contribution in [3.63, 3.8) is 0 Å². The summed E-state index contributed by atoms with van der Waals surface area (Å²) in [4.78, 5) is 25.3. The summed E-state index contributed by atoms with van der Waals surface area (Å²) in [6, 6.07) is 16.9. The molecule has 1 aliphatic heterocycles. The summed E-state index contributed by atoms with van der Waals surface area (Å²) < 4.78 is 81.8. The van der Waals surface area contributed by atoms with Crippen molar-refractivity contribution >= 4 is 46.5 Å². The minimum absolute atomic E-state index is 0.0556. The second kappa shape index (κ2) is 21.4. The first-order valence-electron chi connectivity index (χ1n) is 19.1. The molecule has 3 fully saturated rings. The summed E-state index contributed by atoms with van der Waals surface area (Å²) in [6.45, 7) is 9.15. The first kappa shape index (κ1) is 49.9. The Hall–Kier alpha value is -4.44. The molecule has 5 N–H and O–H groups in total. The van der Waals surface area contributed by atoms with E-state index in [1.165, 1.54) is 43.9 Å². The third-order valence-electron chi connectivity index (χ3n) is 9.10. The Balaban J connectivity index is 0.000000228. The standard InChI is InChI=1S/C13H13ClF3NO3.C13H11ClF3NO.C13H19NO.C5H6/c1-12(2,3)21-11(20)18-9-5-4-7(14)6-8(9)10(19)13(15,16)17;14-9-3-4-11(18)10(7-9)12(19,13(15,16)17)6-5-8-1-2-8;1-11(14-9-5-6-10-14)13(15)12-7-3-2-4-8-12;1-2-5-3-4-5/h4-6H,1-3H3,(H,18,20);3-4,7-8,19H,1-2,18H2;2-4,7-8,11,13,15H,5-6,9-10H2,1H3;1,5H,3-4H2/t;12-;11?,13-;/m.00./s1. The Morgan fingerprint density at radius 2 is 1.45 bits per heavy atom. The normalized spacial score (nSPS) is 17.1. The van der Waals surface area contributed by atoms with Gasteiger partial charge in [-0.05, 0) is 121 Å². The zero-order valence-corrected chi connectivity index (χ0v) is 35.1. The number of alkyl halides is 6. The van der Waals surface area contributed by atoms with Crippen molar-refractivity contribution in [3.8, 4) is 24.2 Å². The number of terminal acetylenes is 1. The van der Waals surface area contributed by atoms with Crippen LogP contribution in [0.2, 0.25) is 10.0 Å². The third kappa shape index (κ3) is 15.9. The monoisotopic (exact) mass is 883 g/mol. The van der Waals surface area contributed by atoms with Crippen molar-refractivity contribution < 1.29 is 50.9 Å². The van der Waals surface area contributed by atoms with Crippen molar-refractivity contribution in [2.24, 2.45) is 11.8 Å². The summed E-state index contributed by atoms with van der Waals surface area (Å²) in [7, 11) is 0. The molecule has 1 unspecified atom stereocenters. The number of carbonyl (C=O) groups is 2. The fourth-order valence-electron chi connectivity index (χ4n) is 5.47. The maximum Gasteiger partial charge on any atom is 0.454 e. The van der Waals surface area contributed by atoms with Gasteiger partial charge in [0.2, 0.25) is 5.60 Å². The summed E-state index contributed by atoms with van der Waals surface area (Å²) in [5.41, 5.74) is 0.618. The van der Waals surface area contributed by atoms with Crippen LogP contribution in [0, 0.1) is 36.0 Å². The molecule has 0 bridgehead atoms. The molecule has 8 nitrogen and oxygen atoms in total. The van der Waals surface area contributed by atoms with E-state index in [4.69, 9.17) is 40.1 Å². The van der Waals surface area contributed by atoms with E-state index in [0.717, 1.165) is 49.7 Å². The van der Waals surface area contributed by atoms with E-state index in [9.17, 15) is 46.1 Å². The number of anilines is 2. The molecule has 3 atom stereocenters. The second-order valence-electron chi connectivity index (χ2n) is 15.4. The van der Waals surface area contributed by atoms with Gasteiger partial charge in [0, 0.05) is 39.2 Å². The lowest BCUT2D eigenvalue weighted by Crippen LogP contribution is -2.41. The van der Waals surface area contributed by atoms with Crippen LogP contribution in [0.1, 0.15) is 93.8 Å². The van der Waals surface area contributed by atoms with Gasteiger partial charge in [0.15, 0.2) is 0 Å². The Morgan fingerprint density at radius 1 is 0.900 bits per heavy atom. The molecule has 0 spiro atoms. The van der Waals surface area contributed by atoms with E-state index in [0.29, 0.717) is 5.92 Å². The molecule has 0 radical (unpaired) electrons. The van der Waals surface area contributed by atoms with Gasteiger partial charge in [-0.3, -0.25) is 15.0 Å². The lowest BCUT2D eigenvalue weighted by Gasteiger charge is -2.28. The predicted molar refractivity (Wildman–Crippen MR) is 221 cm³/mol. The minimum atomic E-state index is -5.07. The number of aliphatic hydroxyl groups is 2. The van der Waals surface area contributed by atoms with E-state index in [2.05, 4.69) is 29.0 Å². The molecule has 326 valence electrons. The number of nitrogens with two attached hydrogens (primary N) is 1. The number of Topliss-reactive ketones (excluding diaryl/α,β-unsaturated/α-hetero) is 1. The molecule has 3 aromatic rings. The minimum Gasteiger partial charge on any atom is -0.444 e. The van der Waals surface area contributed by atoms with Crippen LogP contribution in [0.5, 0.6) is 0 Å². The highest BCUT2D eigenvalue weighted by Gasteiger charge is 2.55. The van der Waals surface area contributed by atoms with Gasteiger partial charge in [-0.15, -0.1) is 12.3 Å². The summed E-state index contributed by atoms with van der Waals surface area (Å²) in [5.74, 6) is 5.48. The van der Waals surface area contributed by atoms with Gasteiger partial charge >= 0.3 is 18.4 Å². The topological polar surface area (TPSA) is 125 Å². The summed E-state index contributed by atoms with van der Waals surface area (Å²) in [5, 5.41) is 22.3. The number of carbonyl (C=O) groups excluding carboxylic acids is 2. The van der Waals surface area contributed by atoms with Crippen LogP contribution in [-0.2, 0) is 10.3 Å². The highest BCUT2D eigenvalue weighted by molar-refractivity contribution is 6.31. The summed E-state index contributed by atoms with van der Waals surface area (Å²) >= 11 is 11.3. The van der Waals surface area contributed by atoms with Crippen LogP contribution in [0.15, 0.2) is 66.7 Å². The Kier molecular flexibility index (Phi) is 17.8. The van der Waals surface area contributed by atoms with Gasteiger partial charge in [0.05, 0.1) is 17.4 Å². The van der Waals surface area contributed by atoms with Crippen LogP contribution in [0.3, 0.4) is 0 Å². The Bertz CT molecular complexity index is 2010. The maximum absolute atomic E-state index is 13.1. The molecular weight excluding hydrogens is 835 g/mol. The van der Waals surface area contributed by atoms with Gasteiger partial charge in [0.25, 0.3) is 5.78 Å². The number of benzene rings is 3. The van der Waals surface area contributed by atoms with Gasteiger partial charge in [-0.1, -0.05) is 65.4 Å². The number of nitrogen functional groups attached to an aromatic ring is 1. The molecule has 6 rings (SSSR count). The zero-order chi connectivity index (χ0) is 45.1. The van der Waals surface area contributed by atoms with E-state index in [-0.39, 0.29) is 39.5 Å². The molecule has 2 saturated carbocycles. The Labute approximate surface area is 356 Å². The van der Waals surface area contributed by atoms with Crippen molar-refractivity contribution in [2.75, 3.05) is 24.1 Å².